The Morgan fingerprint density at radius 2 is 2.03 bits per heavy atom. The molecule has 11 heteroatoms. The maximum atomic E-state index is 12.8. The molecule has 1 aromatic carbocycles. The van der Waals surface area contributed by atoms with Gasteiger partial charge in [-0.2, -0.15) is 0 Å². The maximum absolute atomic E-state index is 12.8. The van der Waals surface area contributed by atoms with Gasteiger partial charge in [0.25, 0.3) is 5.91 Å². The summed E-state index contributed by atoms with van der Waals surface area (Å²) in [6, 6.07) is 4.71. The Hall–Kier alpha value is -3.60. The highest BCUT2D eigenvalue weighted by atomic mass is 16.2. The zero-order valence-electron chi connectivity index (χ0n) is 16.7. The minimum Gasteiger partial charge on any atom is -0.334 e. The number of piperidine rings is 1. The van der Waals surface area contributed by atoms with Crippen molar-refractivity contribution in [2.45, 2.75) is 32.0 Å². The van der Waals surface area contributed by atoms with Crippen LogP contribution < -0.4 is 10.6 Å². The number of carbonyl (C=O) groups excluding carboxylic acids is 4. The number of amides is 4. The minimum absolute atomic E-state index is 0.0328. The Morgan fingerprint density at radius 3 is 2.84 bits per heavy atom. The second-order valence-corrected chi connectivity index (χ2v) is 7.89. The van der Waals surface area contributed by atoms with Crippen molar-refractivity contribution in [3.63, 3.8) is 0 Å². The summed E-state index contributed by atoms with van der Waals surface area (Å²) >= 11 is 0. The van der Waals surface area contributed by atoms with Gasteiger partial charge in [-0.1, -0.05) is 5.21 Å². The zero-order valence-corrected chi connectivity index (χ0v) is 16.7. The summed E-state index contributed by atoms with van der Waals surface area (Å²) in [5.74, 6) is -0.920. The third-order valence-electron chi connectivity index (χ3n) is 5.85. The number of nitrogens with one attached hydrogen (secondary N) is 2. The average molecular weight is 423 g/mol. The van der Waals surface area contributed by atoms with E-state index < -0.39 is 11.9 Å². The number of benzene rings is 1. The summed E-state index contributed by atoms with van der Waals surface area (Å²) in [6.07, 6.45) is 2.32. The number of hydrogen-bond acceptors (Lipinski definition) is 7. The van der Waals surface area contributed by atoms with E-state index in [9.17, 15) is 19.2 Å². The van der Waals surface area contributed by atoms with E-state index in [4.69, 9.17) is 0 Å². The summed E-state index contributed by atoms with van der Waals surface area (Å²) in [4.78, 5) is 51.6. The number of imide groups is 1. The van der Waals surface area contributed by atoms with Gasteiger partial charge < -0.3 is 15.1 Å². The SMILES string of the molecule is O=C1CCC(N2Cc3cc(-n4cc(CN5CCNCC5=O)nn4)ccc3C2=O)C(=O)N1. The molecule has 1 aromatic heterocycles. The molecule has 0 spiro atoms. The van der Waals surface area contributed by atoms with E-state index in [1.54, 1.807) is 27.9 Å². The van der Waals surface area contributed by atoms with Gasteiger partial charge in [0.15, 0.2) is 0 Å². The molecular formula is C20H21N7O4. The normalized spacial score (nSPS) is 21.5. The van der Waals surface area contributed by atoms with Crippen LogP contribution in [0.4, 0.5) is 0 Å². The molecule has 11 nitrogen and oxygen atoms in total. The Kier molecular flexibility index (Phi) is 4.74. The highest BCUT2D eigenvalue weighted by Crippen LogP contribution is 2.29. The van der Waals surface area contributed by atoms with Crippen LogP contribution in [0.25, 0.3) is 5.69 Å². The molecule has 2 saturated heterocycles. The second kappa shape index (κ2) is 7.58. The first-order chi connectivity index (χ1) is 15.0. The molecule has 3 aliphatic rings. The number of piperazine rings is 1. The van der Waals surface area contributed by atoms with E-state index in [0.29, 0.717) is 43.9 Å². The predicted molar refractivity (Wildman–Crippen MR) is 106 cm³/mol. The largest absolute Gasteiger partial charge is 0.334 e. The molecular weight excluding hydrogens is 402 g/mol. The molecule has 3 aliphatic heterocycles. The van der Waals surface area contributed by atoms with Crippen LogP contribution >= 0.6 is 0 Å². The summed E-state index contributed by atoms with van der Waals surface area (Å²) < 4.78 is 1.61. The number of hydrogen-bond donors (Lipinski definition) is 2. The van der Waals surface area contributed by atoms with Crippen molar-refractivity contribution in [3.05, 3.63) is 41.2 Å². The van der Waals surface area contributed by atoms with Gasteiger partial charge in [0.2, 0.25) is 17.7 Å². The Labute approximate surface area is 177 Å². The number of nitrogens with zero attached hydrogens (tertiary/aromatic N) is 5. The van der Waals surface area contributed by atoms with Crippen LogP contribution in [0, 0.1) is 0 Å². The van der Waals surface area contributed by atoms with Crippen LogP contribution in [0.15, 0.2) is 24.4 Å². The van der Waals surface area contributed by atoms with Crippen LogP contribution in [-0.4, -0.2) is 74.1 Å². The fraction of sp³-hybridized carbons (Fsp3) is 0.400. The number of carbonyl (C=O) groups is 4. The molecule has 1 unspecified atom stereocenters. The third-order valence-corrected chi connectivity index (χ3v) is 5.85. The van der Waals surface area contributed by atoms with E-state index in [-0.39, 0.29) is 24.1 Å². The number of aromatic nitrogens is 3. The minimum atomic E-state index is -0.643. The molecule has 0 aliphatic carbocycles. The van der Waals surface area contributed by atoms with Gasteiger partial charge in [0.05, 0.1) is 25.0 Å². The Balaban J connectivity index is 1.33. The van der Waals surface area contributed by atoms with Crippen molar-refractivity contribution in [1.29, 1.82) is 0 Å². The molecule has 160 valence electrons. The van der Waals surface area contributed by atoms with E-state index in [1.165, 1.54) is 4.90 Å². The van der Waals surface area contributed by atoms with Gasteiger partial charge in [0.1, 0.15) is 11.7 Å². The molecule has 31 heavy (non-hydrogen) atoms. The number of fused-ring (bicyclic) bond motifs is 1. The summed E-state index contributed by atoms with van der Waals surface area (Å²) in [7, 11) is 0. The lowest BCUT2D eigenvalue weighted by atomic mass is 10.0. The standard InChI is InChI=1S/C20H21N7O4/c28-17-4-3-16(19(30)22-17)26-9-12-7-14(1-2-15(12)20(26)31)27-11-13(23-24-27)10-25-6-5-21-8-18(25)29/h1-2,7,11,16,21H,3-6,8-10H2,(H,22,28,30). The predicted octanol–water partition coefficient (Wildman–Crippen LogP) is -1.04. The first-order valence-corrected chi connectivity index (χ1v) is 10.2. The Bertz CT molecular complexity index is 1090. The van der Waals surface area contributed by atoms with Gasteiger partial charge in [-0.25, -0.2) is 4.68 Å². The topological polar surface area (TPSA) is 130 Å². The van der Waals surface area contributed by atoms with Crippen molar-refractivity contribution in [2.75, 3.05) is 19.6 Å². The molecule has 2 aromatic rings. The molecule has 2 N–H and O–H groups in total. The van der Waals surface area contributed by atoms with Crippen molar-refractivity contribution in [3.8, 4) is 5.69 Å². The lowest BCUT2D eigenvalue weighted by molar-refractivity contribution is -0.137. The van der Waals surface area contributed by atoms with Crippen LogP contribution in [0.5, 0.6) is 0 Å². The highest BCUT2D eigenvalue weighted by molar-refractivity contribution is 6.05. The molecule has 2 fully saturated rings. The summed E-state index contributed by atoms with van der Waals surface area (Å²) in [6.45, 7) is 2.40. The van der Waals surface area contributed by atoms with E-state index >= 15 is 0 Å². The first kappa shape index (κ1) is 19.4. The molecule has 4 amide bonds. The Morgan fingerprint density at radius 1 is 1.16 bits per heavy atom. The molecule has 0 bridgehead atoms. The molecule has 1 atom stereocenters. The van der Waals surface area contributed by atoms with Gasteiger partial charge >= 0.3 is 0 Å². The van der Waals surface area contributed by atoms with Gasteiger partial charge in [-0.15, -0.1) is 5.10 Å². The molecule has 0 saturated carbocycles. The van der Waals surface area contributed by atoms with Crippen LogP contribution in [0.3, 0.4) is 0 Å². The molecule has 4 heterocycles. The fourth-order valence-electron chi connectivity index (χ4n) is 4.21. The second-order valence-electron chi connectivity index (χ2n) is 7.89. The van der Waals surface area contributed by atoms with Crippen LogP contribution in [-0.2, 0) is 27.5 Å². The van der Waals surface area contributed by atoms with Crippen molar-refractivity contribution >= 4 is 23.6 Å². The van der Waals surface area contributed by atoms with Crippen molar-refractivity contribution < 1.29 is 19.2 Å². The fourth-order valence-corrected chi connectivity index (χ4v) is 4.21. The van der Waals surface area contributed by atoms with Crippen LogP contribution in [0.2, 0.25) is 0 Å². The van der Waals surface area contributed by atoms with E-state index in [1.807, 2.05) is 6.07 Å². The van der Waals surface area contributed by atoms with Crippen molar-refractivity contribution in [1.82, 2.24) is 35.4 Å². The lowest BCUT2D eigenvalue weighted by Gasteiger charge is -2.29. The monoisotopic (exact) mass is 423 g/mol. The number of rotatable bonds is 4. The first-order valence-electron chi connectivity index (χ1n) is 10.2. The van der Waals surface area contributed by atoms with Crippen LogP contribution in [0.1, 0.15) is 34.5 Å². The highest BCUT2D eigenvalue weighted by Gasteiger charge is 2.39. The molecule has 0 radical (unpaired) electrons. The maximum Gasteiger partial charge on any atom is 0.255 e. The van der Waals surface area contributed by atoms with Gasteiger partial charge in [0, 0.05) is 31.6 Å². The summed E-state index contributed by atoms with van der Waals surface area (Å²) in [5, 5.41) is 13.7. The summed E-state index contributed by atoms with van der Waals surface area (Å²) in [5.41, 5.74) is 2.75. The van der Waals surface area contributed by atoms with E-state index in [0.717, 1.165) is 17.8 Å². The lowest BCUT2D eigenvalue weighted by Crippen LogP contribution is -2.52. The average Bonchev–Trinajstić information content (AvgIpc) is 3.34. The quantitative estimate of drug-likeness (QED) is 0.601. The van der Waals surface area contributed by atoms with Gasteiger partial charge in [-0.3, -0.25) is 24.5 Å². The smallest absolute Gasteiger partial charge is 0.255 e. The third kappa shape index (κ3) is 3.56. The molecule has 5 rings (SSSR count). The van der Waals surface area contributed by atoms with Crippen molar-refractivity contribution in [2.24, 2.45) is 0 Å². The van der Waals surface area contributed by atoms with E-state index in [2.05, 4.69) is 20.9 Å². The zero-order chi connectivity index (χ0) is 21.5. The van der Waals surface area contributed by atoms with Gasteiger partial charge in [-0.05, 0) is 30.2 Å².